The maximum absolute atomic E-state index is 13.6. The predicted molar refractivity (Wildman–Crippen MR) is 105 cm³/mol. The number of carbonyl (C=O) groups is 1. The van der Waals surface area contributed by atoms with Crippen LogP contribution < -0.4 is 5.32 Å². The quantitative estimate of drug-likeness (QED) is 0.836. The van der Waals surface area contributed by atoms with E-state index in [4.69, 9.17) is 11.6 Å². The molecule has 0 radical (unpaired) electrons. The van der Waals surface area contributed by atoms with Crippen LogP contribution in [0.2, 0.25) is 5.02 Å². The third kappa shape index (κ3) is 3.56. The lowest BCUT2D eigenvalue weighted by Gasteiger charge is -2.34. The Morgan fingerprint density at radius 2 is 1.60 bits per heavy atom. The van der Waals surface area contributed by atoms with E-state index in [1.54, 1.807) is 0 Å². The summed E-state index contributed by atoms with van der Waals surface area (Å²) in [6, 6.07) is 8.01. The number of rotatable bonds is 2. The molecule has 0 bridgehead atoms. The van der Waals surface area contributed by atoms with Gasteiger partial charge in [-0.15, -0.1) is 12.4 Å². The Bertz CT molecular complexity index is 584. The molecule has 0 unspecified atom stereocenters. The van der Waals surface area contributed by atoms with Crippen molar-refractivity contribution >= 4 is 29.9 Å². The van der Waals surface area contributed by atoms with E-state index in [9.17, 15) is 4.79 Å². The predicted octanol–water partition coefficient (Wildman–Crippen LogP) is 4.03. The number of carbonyl (C=O) groups excluding carboxylic acids is 1. The minimum Gasteiger partial charge on any atom is -0.342 e. The molecule has 5 heteroatoms. The lowest BCUT2D eigenvalue weighted by atomic mass is 9.77. The van der Waals surface area contributed by atoms with E-state index in [0.29, 0.717) is 5.91 Å². The number of amides is 1. The minimum atomic E-state index is -0.303. The molecular formula is C20H28Cl2N2O. The highest BCUT2D eigenvalue weighted by Crippen LogP contribution is 2.43. The number of hydrogen-bond donors (Lipinski definition) is 1. The van der Waals surface area contributed by atoms with E-state index in [-0.39, 0.29) is 17.8 Å². The van der Waals surface area contributed by atoms with Gasteiger partial charge in [-0.1, -0.05) is 36.6 Å². The van der Waals surface area contributed by atoms with Crippen molar-refractivity contribution in [3.8, 4) is 0 Å². The molecule has 4 rings (SSSR count). The molecule has 0 spiro atoms. The van der Waals surface area contributed by atoms with Crippen LogP contribution in [0, 0.1) is 11.8 Å². The van der Waals surface area contributed by atoms with Crippen LogP contribution in [-0.4, -0.2) is 37.0 Å². The van der Waals surface area contributed by atoms with E-state index in [2.05, 4.69) is 22.3 Å². The smallest absolute Gasteiger partial charge is 0.233 e. The number of likely N-dealkylation sites (tertiary alicyclic amines) is 1. The Morgan fingerprint density at radius 3 is 2.16 bits per heavy atom. The van der Waals surface area contributed by atoms with Crippen molar-refractivity contribution < 1.29 is 4.79 Å². The van der Waals surface area contributed by atoms with Crippen LogP contribution in [0.15, 0.2) is 24.3 Å². The van der Waals surface area contributed by atoms with Crippen LogP contribution in [0.25, 0.3) is 0 Å². The molecule has 2 saturated heterocycles. The zero-order chi connectivity index (χ0) is 16.6. The topological polar surface area (TPSA) is 32.3 Å². The SMILES string of the molecule is Cl.O=C(N1CC[C@@H]2CNC[C@@H]2CC1)C1(c2ccc(Cl)cc2)CCCC1. The second-order valence-electron chi connectivity index (χ2n) is 7.84. The number of benzene rings is 1. The van der Waals surface area contributed by atoms with Crippen molar-refractivity contribution in [3.63, 3.8) is 0 Å². The molecular weight excluding hydrogens is 355 g/mol. The van der Waals surface area contributed by atoms with Crippen LogP contribution in [0.3, 0.4) is 0 Å². The molecule has 0 aromatic heterocycles. The van der Waals surface area contributed by atoms with Crippen LogP contribution >= 0.6 is 24.0 Å². The van der Waals surface area contributed by atoms with Gasteiger partial charge in [0.1, 0.15) is 0 Å². The summed E-state index contributed by atoms with van der Waals surface area (Å²) in [5.41, 5.74) is 0.864. The zero-order valence-corrected chi connectivity index (χ0v) is 16.2. The Hall–Kier alpha value is -0.770. The van der Waals surface area contributed by atoms with Gasteiger partial charge < -0.3 is 10.2 Å². The number of halogens is 2. The largest absolute Gasteiger partial charge is 0.342 e. The second-order valence-corrected chi connectivity index (χ2v) is 8.28. The zero-order valence-electron chi connectivity index (χ0n) is 14.7. The van der Waals surface area contributed by atoms with Crippen LogP contribution in [0.1, 0.15) is 44.1 Å². The Kier molecular flexibility index (Phi) is 5.97. The van der Waals surface area contributed by atoms with Gasteiger partial charge in [0.2, 0.25) is 5.91 Å². The summed E-state index contributed by atoms with van der Waals surface area (Å²) >= 11 is 6.07. The van der Waals surface area contributed by atoms with Gasteiger partial charge in [-0.3, -0.25) is 4.79 Å². The molecule has 1 amide bonds. The Morgan fingerprint density at radius 1 is 1.04 bits per heavy atom. The van der Waals surface area contributed by atoms with Gasteiger partial charge in [0, 0.05) is 18.1 Å². The van der Waals surface area contributed by atoms with Gasteiger partial charge >= 0.3 is 0 Å². The van der Waals surface area contributed by atoms with E-state index in [1.165, 1.54) is 5.56 Å². The van der Waals surface area contributed by atoms with Gasteiger partial charge in [0.05, 0.1) is 5.41 Å². The maximum Gasteiger partial charge on any atom is 0.233 e. The van der Waals surface area contributed by atoms with Gasteiger partial charge in [-0.2, -0.15) is 0 Å². The molecule has 1 aromatic carbocycles. The fourth-order valence-electron chi connectivity index (χ4n) is 5.10. The molecule has 1 saturated carbocycles. The molecule has 1 N–H and O–H groups in total. The molecule has 25 heavy (non-hydrogen) atoms. The number of fused-ring (bicyclic) bond motifs is 1. The molecule has 2 aliphatic heterocycles. The lowest BCUT2D eigenvalue weighted by molar-refractivity contribution is -0.137. The highest BCUT2D eigenvalue weighted by molar-refractivity contribution is 6.30. The van der Waals surface area contributed by atoms with Crippen molar-refractivity contribution in [1.82, 2.24) is 10.2 Å². The number of nitrogens with zero attached hydrogens (tertiary/aromatic N) is 1. The lowest BCUT2D eigenvalue weighted by Crippen LogP contribution is -2.46. The average molecular weight is 383 g/mol. The fourth-order valence-corrected chi connectivity index (χ4v) is 5.22. The minimum absolute atomic E-state index is 0. The van der Waals surface area contributed by atoms with Crippen LogP contribution in [0.5, 0.6) is 0 Å². The fraction of sp³-hybridized carbons (Fsp3) is 0.650. The third-order valence-corrected chi connectivity index (χ3v) is 6.82. The standard InChI is InChI=1S/C20H27ClN2O.ClH/c21-18-5-3-17(4-6-18)20(9-1-2-10-20)19(24)23-11-7-15-13-22-14-16(15)8-12-23;/h3-6,15-16,22H,1-2,7-14H2;1H/t15-,16+;. The summed E-state index contributed by atoms with van der Waals surface area (Å²) in [4.78, 5) is 15.7. The van der Waals surface area contributed by atoms with Gasteiger partial charge in [-0.05, 0) is 68.3 Å². The first kappa shape index (κ1) is 19.0. The summed E-state index contributed by atoms with van der Waals surface area (Å²) in [6.07, 6.45) is 6.58. The van der Waals surface area contributed by atoms with Crippen molar-refractivity contribution in [1.29, 1.82) is 0 Å². The summed E-state index contributed by atoms with van der Waals surface area (Å²) in [5.74, 6) is 1.89. The second kappa shape index (κ2) is 7.85. The van der Waals surface area contributed by atoms with E-state index >= 15 is 0 Å². The van der Waals surface area contributed by atoms with Crippen molar-refractivity contribution in [2.75, 3.05) is 26.2 Å². The highest BCUT2D eigenvalue weighted by Gasteiger charge is 2.45. The number of hydrogen-bond acceptors (Lipinski definition) is 2. The maximum atomic E-state index is 13.6. The van der Waals surface area contributed by atoms with Crippen molar-refractivity contribution in [3.05, 3.63) is 34.9 Å². The summed E-state index contributed by atoms with van der Waals surface area (Å²) in [6.45, 7) is 4.12. The van der Waals surface area contributed by atoms with Crippen LogP contribution in [0.4, 0.5) is 0 Å². The molecule has 1 aliphatic carbocycles. The monoisotopic (exact) mass is 382 g/mol. The van der Waals surface area contributed by atoms with Gasteiger partial charge in [0.15, 0.2) is 0 Å². The first-order valence-corrected chi connectivity index (χ1v) is 9.83. The molecule has 2 atom stereocenters. The highest BCUT2D eigenvalue weighted by atomic mass is 35.5. The molecule has 2 heterocycles. The van der Waals surface area contributed by atoms with Gasteiger partial charge in [-0.25, -0.2) is 0 Å². The molecule has 138 valence electrons. The molecule has 1 aromatic rings. The van der Waals surface area contributed by atoms with Crippen molar-refractivity contribution in [2.24, 2.45) is 11.8 Å². The normalized spacial score (nSPS) is 28.1. The van der Waals surface area contributed by atoms with Crippen molar-refractivity contribution in [2.45, 2.75) is 43.9 Å². The van der Waals surface area contributed by atoms with E-state index in [0.717, 1.165) is 81.6 Å². The summed E-state index contributed by atoms with van der Waals surface area (Å²) < 4.78 is 0. The number of nitrogens with one attached hydrogen (secondary N) is 1. The van der Waals surface area contributed by atoms with E-state index in [1.807, 2.05) is 12.1 Å². The molecule has 3 aliphatic rings. The average Bonchev–Trinajstić information content (AvgIpc) is 3.22. The molecule has 3 nitrogen and oxygen atoms in total. The summed E-state index contributed by atoms with van der Waals surface area (Å²) in [5, 5.41) is 4.26. The Labute approximate surface area is 161 Å². The third-order valence-electron chi connectivity index (χ3n) is 6.57. The first-order valence-electron chi connectivity index (χ1n) is 9.45. The molecule has 3 fully saturated rings. The first-order chi connectivity index (χ1) is 11.7. The van der Waals surface area contributed by atoms with Crippen LogP contribution in [-0.2, 0) is 10.2 Å². The summed E-state index contributed by atoms with van der Waals surface area (Å²) in [7, 11) is 0. The Balaban J connectivity index is 0.00000182. The van der Waals surface area contributed by atoms with Gasteiger partial charge in [0.25, 0.3) is 0 Å². The van der Waals surface area contributed by atoms with E-state index < -0.39 is 0 Å².